The molecular formula is C16H14ClFN2O. The summed E-state index contributed by atoms with van der Waals surface area (Å²) in [5.41, 5.74) is 6.74. The standard InChI is InChI=1S/C16H14ClFN2O/c17-11-3-6-13(18)14(9-11)20-15(21)16(7-8-16)10-1-4-12(19)5-2-10/h1-6,9H,7-8,19H2,(H,20,21). The molecule has 0 aliphatic heterocycles. The molecular weight excluding hydrogens is 291 g/mol. The second kappa shape index (κ2) is 5.04. The molecule has 1 amide bonds. The second-order valence-corrected chi connectivity index (χ2v) is 5.72. The Kier molecular flexibility index (Phi) is 3.33. The molecule has 2 aromatic rings. The van der Waals surface area contributed by atoms with Gasteiger partial charge in [-0.1, -0.05) is 23.7 Å². The number of anilines is 2. The van der Waals surface area contributed by atoms with Crippen LogP contribution in [0, 0.1) is 5.82 Å². The lowest BCUT2D eigenvalue weighted by Gasteiger charge is -2.16. The number of hydrogen-bond acceptors (Lipinski definition) is 2. The number of nitrogens with two attached hydrogens (primary N) is 1. The molecule has 3 rings (SSSR count). The molecule has 0 bridgehead atoms. The maximum absolute atomic E-state index is 13.7. The fraction of sp³-hybridized carbons (Fsp3) is 0.188. The topological polar surface area (TPSA) is 55.1 Å². The highest BCUT2D eigenvalue weighted by Crippen LogP contribution is 2.49. The lowest BCUT2D eigenvalue weighted by Crippen LogP contribution is -2.28. The van der Waals surface area contributed by atoms with Crippen LogP contribution in [-0.2, 0) is 10.2 Å². The van der Waals surface area contributed by atoms with Crippen LogP contribution >= 0.6 is 11.6 Å². The summed E-state index contributed by atoms with van der Waals surface area (Å²) >= 11 is 5.83. The van der Waals surface area contributed by atoms with Gasteiger partial charge in [-0.2, -0.15) is 0 Å². The number of benzene rings is 2. The molecule has 0 spiro atoms. The van der Waals surface area contributed by atoms with Gasteiger partial charge in [-0.3, -0.25) is 4.79 Å². The molecule has 0 aromatic heterocycles. The minimum Gasteiger partial charge on any atom is -0.399 e. The first-order valence-electron chi connectivity index (χ1n) is 6.64. The van der Waals surface area contributed by atoms with Crippen molar-refractivity contribution < 1.29 is 9.18 Å². The highest BCUT2D eigenvalue weighted by atomic mass is 35.5. The molecule has 5 heteroatoms. The van der Waals surface area contributed by atoms with Crippen LogP contribution in [0.5, 0.6) is 0 Å². The molecule has 0 saturated heterocycles. The van der Waals surface area contributed by atoms with Crippen molar-refractivity contribution in [1.82, 2.24) is 0 Å². The lowest BCUT2D eigenvalue weighted by atomic mass is 9.94. The molecule has 1 saturated carbocycles. The van der Waals surface area contributed by atoms with Crippen LogP contribution < -0.4 is 11.1 Å². The van der Waals surface area contributed by atoms with Crippen molar-refractivity contribution in [2.45, 2.75) is 18.3 Å². The number of halogens is 2. The van der Waals surface area contributed by atoms with E-state index in [1.165, 1.54) is 18.2 Å². The largest absolute Gasteiger partial charge is 0.399 e. The summed E-state index contributed by atoms with van der Waals surface area (Å²) in [5, 5.41) is 3.02. The number of carbonyl (C=O) groups excluding carboxylic acids is 1. The minimum absolute atomic E-state index is 0.106. The van der Waals surface area contributed by atoms with E-state index < -0.39 is 11.2 Å². The van der Waals surface area contributed by atoms with Gasteiger partial charge < -0.3 is 11.1 Å². The van der Waals surface area contributed by atoms with Gasteiger partial charge in [0.1, 0.15) is 5.82 Å². The fourth-order valence-electron chi connectivity index (χ4n) is 2.41. The van der Waals surface area contributed by atoms with E-state index in [-0.39, 0.29) is 11.6 Å². The van der Waals surface area contributed by atoms with Crippen LogP contribution in [0.2, 0.25) is 5.02 Å². The Labute approximate surface area is 126 Å². The van der Waals surface area contributed by atoms with E-state index >= 15 is 0 Å². The van der Waals surface area contributed by atoms with Gasteiger partial charge in [0.2, 0.25) is 5.91 Å². The van der Waals surface area contributed by atoms with Gasteiger partial charge in [0, 0.05) is 10.7 Å². The minimum atomic E-state index is -0.581. The molecule has 0 heterocycles. The van der Waals surface area contributed by atoms with Gasteiger partial charge in [-0.15, -0.1) is 0 Å². The lowest BCUT2D eigenvalue weighted by molar-refractivity contribution is -0.118. The summed E-state index contributed by atoms with van der Waals surface area (Å²) in [7, 11) is 0. The molecule has 0 atom stereocenters. The van der Waals surface area contributed by atoms with Gasteiger partial charge in [0.15, 0.2) is 0 Å². The van der Waals surface area contributed by atoms with Crippen molar-refractivity contribution in [3.8, 4) is 0 Å². The zero-order valence-electron chi connectivity index (χ0n) is 11.2. The summed E-state index contributed by atoms with van der Waals surface area (Å²) in [6.07, 6.45) is 1.48. The third-order valence-electron chi connectivity index (χ3n) is 3.82. The van der Waals surface area contributed by atoms with Crippen LogP contribution in [0.3, 0.4) is 0 Å². The molecule has 3 nitrogen and oxygen atoms in total. The zero-order valence-corrected chi connectivity index (χ0v) is 12.0. The number of rotatable bonds is 3. The van der Waals surface area contributed by atoms with Gasteiger partial charge >= 0.3 is 0 Å². The quantitative estimate of drug-likeness (QED) is 0.849. The number of nitrogens with one attached hydrogen (secondary N) is 1. The Hall–Kier alpha value is -2.07. The second-order valence-electron chi connectivity index (χ2n) is 5.28. The number of hydrogen-bond donors (Lipinski definition) is 2. The predicted molar refractivity (Wildman–Crippen MR) is 81.8 cm³/mol. The molecule has 2 aromatic carbocycles. The molecule has 108 valence electrons. The molecule has 0 radical (unpaired) electrons. The Morgan fingerprint density at radius 3 is 2.48 bits per heavy atom. The van der Waals surface area contributed by atoms with E-state index in [9.17, 15) is 9.18 Å². The van der Waals surface area contributed by atoms with Crippen molar-refractivity contribution in [3.05, 3.63) is 58.9 Å². The predicted octanol–water partition coefficient (Wildman–Crippen LogP) is 3.73. The van der Waals surface area contributed by atoms with E-state index in [0.717, 1.165) is 18.4 Å². The van der Waals surface area contributed by atoms with Crippen molar-refractivity contribution in [1.29, 1.82) is 0 Å². The van der Waals surface area contributed by atoms with E-state index in [4.69, 9.17) is 17.3 Å². The molecule has 21 heavy (non-hydrogen) atoms. The SMILES string of the molecule is Nc1ccc(C2(C(=O)Nc3cc(Cl)ccc3F)CC2)cc1. The zero-order chi connectivity index (χ0) is 15.0. The van der Waals surface area contributed by atoms with Gasteiger partial charge in [-0.05, 0) is 48.7 Å². The number of nitrogen functional groups attached to an aromatic ring is 1. The average molecular weight is 305 g/mol. The molecule has 1 aliphatic rings. The maximum atomic E-state index is 13.7. The van der Waals surface area contributed by atoms with Gasteiger partial charge in [0.05, 0.1) is 11.1 Å². The average Bonchev–Trinajstić information content (AvgIpc) is 3.25. The van der Waals surface area contributed by atoms with E-state index in [2.05, 4.69) is 5.32 Å². The Bertz CT molecular complexity index is 696. The summed E-state index contributed by atoms with van der Waals surface area (Å²) < 4.78 is 13.7. The van der Waals surface area contributed by atoms with Crippen LogP contribution in [0.25, 0.3) is 0 Å². The van der Waals surface area contributed by atoms with Crippen LogP contribution in [0.15, 0.2) is 42.5 Å². The first-order chi connectivity index (χ1) is 10.0. The number of carbonyl (C=O) groups is 1. The van der Waals surface area contributed by atoms with Crippen molar-refractivity contribution >= 4 is 28.9 Å². The van der Waals surface area contributed by atoms with Crippen molar-refractivity contribution in [3.63, 3.8) is 0 Å². The monoisotopic (exact) mass is 304 g/mol. The first-order valence-corrected chi connectivity index (χ1v) is 7.02. The summed E-state index contributed by atoms with van der Waals surface area (Å²) in [5.74, 6) is -0.714. The van der Waals surface area contributed by atoms with E-state index in [1.54, 1.807) is 12.1 Å². The fourth-order valence-corrected chi connectivity index (χ4v) is 2.58. The molecule has 0 unspecified atom stereocenters. The van der Waals surface area contributed by atoms with E-state index in [0.29, 0.717) is 10.7 Å². The third-order valence-corrected chi connectivity index (χ3v) is 4.06. The Morgan fingerprint density at radius 2 is 1.86 bits per heavy atom. The molecule has 1 fully saturated rings. The highest BCUT2D eigenvalue weighted by Gasteiger charge is 2.51. The van der Waals surface area contributed by atoms with Crippen molar-refractivity contribution in [2.24, 2.45) is 0 Å². The maximum Gasteiger partial charge on any atom is 0.235 e. The van der Waals surface area contributed by atoms with E-state index in [1.807, 2.05) is 12.1 Å². The number of amides is 1. The Morgan fingerprint density at radius 1 is 1.19 bits per heavy atom. The van der Waals surface area contributed by atoms with Gasteiger partial charge in [-0.25, -0.2) is 4.39 Å². The summed E-state index contributed by atoms with van der Waals surface area (Å²) in [4.78, 5) is 12.5. The smallest absolute Gasteiger partial charge is 0.235 e. The molecule has 3 N–H and O–H groups in total. The Balaban J connectivity index is 1.85. The summed E-state index contributed by atoms with van der Waals surface area (Å²) in [6.45, 7) is 0. The van der Waals surface area contributed by atoms with Crippen molar-refractivity contribution in [2.75, 3.05) is 11.1 Å². The van der Waals surface area contributed by atoms with Crippen LogP contribution in [-0.4, -0.2) is 5.91 Å². The summed E-state index contributed by atoms with van der Waals surface area (Å²) in [6, 6.07) is 11.3. The van der Waals surface area contributed by atoms with Crippen LogP contribution in [0.1, 0.15) is 18.4 Å². The third kappa shape index (κ3) is 2.59. The molecule has 1 aliphatic carbocycles. The van der Waals surface area contributed by atoms with Gasteiger partial charge in [0.25, 0.3) is 0 Å². The first kappa shape index (κ1) is 13.9. The van der Waals surface area contributed by atoms with Crippen LogP contribution in [0.4, 0.5) is 15.8 Å². The highest BCUT2D eigenvalue weighted by molar-refractivity contribution is 6.30. The normalized spacial score (nSPS) is 15.5.